The minimum Gasteiger partial charge on any atom is -0.317 e. The Morgan fingerprint density at radius 2 is 2.12 bits per heavy atom. The molecule has 0 amide bonds. The Balaban J connectivity index is 2.44. The van der Waals surface area contributed by atoms with Crippen LogP contribution >= 0.6 is 0 Å². The van der Waals surface area contributed by atoms with Crippen LogP contribution in [0.25, 0.3) is 0 Å². The molecule has 1 fully saturated rings. The summed E-state index contributed by atoms with van der Waals surface area (Å²) in [5, 5.41) is 3.39. The van der Waals surface area contributed by atoms with E-state index in [4.69, 9.17) is 0 Å². The Hall–Kier alpha value is -0.890. The van der Waals surface area contributed by atoms with Gasteiger partial charge in [0.15, 0.2) is 0 Å². The van der Waals surface area contributed by atoms with Gasteiger partial charge in [-0.05, 0) is 50.3 Å². The van der Waals surface area contributed by atoms with Crippen LogP contribution < -0.4 is 5.32 Å². The Bertz CT molecular complexity index is 270. The van der Waals surface area contributed by atoms with Crippen LogP contribution in [0.4, 0.5) is 0 Å². The fraction of sp³-hybridized carbons (Fsp3) is 0.643. The summed E-state index contributed by atoms with van der Waals surface area (Å²) in [6, 6.07) is 0. The highest BCUT2D eigenvalue weighted by Crippen LogP contribution is 2.21. The molecule has 0 spiro atoms. The van der Waals surface area contributed by atoms with Crippen LogP contribution in [0.5, 0.6) is 0 Å². The van der Waals surface area contributed by atoms with Crippen molar-refractivity contribution in [1.29, 1.82) is 0 Å². The van der Waals surface area contributed by atoms with Gasteiger partial charge in [0, 0.05) is 13.3 Å². The quantitative estimate of drug-likeness (QED) is 0.559. The average molecular weight is 220 g/mol. The van der Waals surface area contributed by atoms with E-state index in [0.717, 1.165) is 18.8 Å². The molecular weight excluding hydrogens is 196 g/mol. The van der Waals surface area contributed by atoms with Gasteiger partial charge in [0.1, 0.15) is 0 Å². The minimum atomic E-state index is 0.821. The van der Waals surface area contributed by atoms with E-state index in [2.05, 4.69) is 29.9 Å². The first-order valence-corrected chi connectivity index (χ1v) is 6.27. The van der Waals surface area contributed by atoms with Crippen molar-refractivity contribution in [3.05, 3.63) is 23.8 Å². The standard InChI is InChI=1S/C14H24N2/c1-4-13(11-15-3)9-12(2)10-14-5-7-16-8-6-14/h9,11,14,16H,2,4-8,10H2,1,3H3/b13-9-,15-11?. The molecule has 0 saturated carbocycles. The topological polar surface area (TPSA) is 24.4 Å². The number of rotatable bonds is 5. The molecule has 0 radical (unpaired) electrons. The maximum atomic E-state index is 4.16. The lowest BCUT2D eigenvalue weighted by Gasteiger charge is -2.22. The van der Waals surface area contributed by atoms with E-state index >= 15 is 0 Å². The number of hydrogen-bond donors (Lipinski definition) is 1. The van der Waals surface area contributed by atoms with Gasteiger partial charge in [-0.1, -0.05) is 25.2 Å². The zero-order valence-electron chi connectivity index (χ0n) is 10.6. The van der Waals surface area contributed by atoms with Crippen LogP contribution in [-0.2, 0) is 0 Å². The van der Waals surface area contributed by atoms with E-state index in [1.165, 1.54) is 37.1 Å². The average Bonchev–Trinajstić information content (AvgIpc) is 2.29. The molecule has 16 heavy (non-hydrogen) atoms. The molecule has 1 saturated heterocycles. The molecule has 90 valence electrons. The van der Waals surface area contributed by atoms with Crippen LogP contribution in [0.3, 0.4) is 0 Å². The second-order valence-corrected chi connectivity index (χ2v) is 4.52. The molecule has 1 heterocycles. The van der Waals surface area contributed by atoms with E-state index in [-0.39, 0.29) is 0 Å². The molecule has 0 atom stereocenters. The summed E-state index contributed by atoms with van der Waals surface area (Å²) in [7, 11) is 1.82. The van der Waals surface area contributed by atoms with Crippen molar-refractivity contribution in [1.82, 2.24) is 5.32 Å². The van der Waals surface area contributed by atoms with Crippen molar-refractivity contribution in [3.63, 3.8) is 0 Å². The molecule has 0 aromatic rings. The van der Waals surface area contributed by atoms with Crippen LogP contribution in [0.2, 0.25) is 0 Å². The summed E-state index contributed by atoms with van der Waals surface area (Å²) in [6.45, 7) is 8.65. The van der Waals surface area contributed by atoms with Crippen LogP contribution in [0.15, 0.2) is 28.8 Å². The largest absolute Gasteiger partial charge is 0.317 e. The number of piperidine rings is 1. The summed E-state index contributed by atoms with van der Waals surface area (Å²) in [5.41, 5.74) is 2.53. The number of nitrogens with one attached hydrogen (secondary N) is 1. The fourth-order valence-electron chi connectivity index (χ4n) is 2.17. The van der Waals surface area contributed by atoms with Crippen molar-refractivity contribution in [3.8, 4) is 0 Å². The van der Waals surface area contributed by atoms with Gasteiger partial charge in [0.05, 0.1) is 0 Å². The van der Waals surface area contributed by atoms with Gasteiger partial charge in [0.2, 0.25) is 0 Å². The molecular formula is C14H24N2. The molecule has 2 nitrogen and oxygen atoms in total. The molecule has 1 aliphatic heterocycles. The number of nitrogens with zero attached hydrogens (tertiary/aromatic N) is 1. The first-order chi connectivity index (χ1) is 7.76. The number of aliphatic imine (C=N–C) groups is 1. The fourth-order valence-corrected chi connectivity index (χ4v) is 2.17. The van der Waals surface area contributed by atoms with Crippen molar-refractivity contribution in [2.45, 2.75) is 32.6 Å². The van der Waals surface area contributed by atoms with E-state index in [0.29, 0.717) is 0 Å². The Morgan fingerprint density at radius 3 is 2.69 bits per heavy atom. The molecule has 0 aromatic heterocycles. The highest BCUT2D eigenvalue weighted by Gasteiger charge is 2.13. The smallest absolute Gasteiger partial charge is 0.0277 e. The first kappa shape index (κ1) is 13.2. The normalized spacial score (nSPS) is 19.2. The Labute approximate surface area is 99.5 Å². The van der Waals surface area contributed by atoms with Crippen LogP contribution in [0.1, 0.15) is 32.6 Å². The predicted molar refractivity (Wildman–Crippen MR) is 72.1 cm³/mol. The van der Waals surface area contributed by atoms with Gasteiger partial charge in [-0.2, -0.15) is 0 Å². The summed E-state index contributed by atoms with van der Waals surface area (Å²) < 4.78 is 0. The lowest BCUT2D eigenvalue weighted by atomic mass is 9.90. The third-order valence-electron chi connectivity index (χ3n) is 3.10. The second-order valence-electron chi connectivity index (χ2n) is 4.52. The highest BCUT2D eigenvalue weighted by atomic mass is 14.9. The van der Waals surface area contributed by atoms with Gasteiger partial charge >= 0.3 is 0 Å². The lowest BCUT2D eigenvalue weighted by molar-refractivity contribution is 0.374. The van der Waals surface area contributed by atoms with Gasteiger partial charge in [-0.15, -0.1) is 0 Å². The van der Waals surface area contributed by atoms with Crippen molar-refractivity contribution < 1.29 is 0 Å². The monoisotopic (exact) mass is 220 g/mol. The molecule has 0 unspecified atom stereocenters. The summed E-state index contributed by atoms with van der Waals surface area (Å²) >= 11 is 0. The maximum absolute atomic E-state index is 4.16. The SMILES string of the molecule is C=C(/C=C(\C=NC)CC)CC1CCNCC1. The Kier molecular flexibility index (Phi) is 6.09. The highest BCUT2D eigenvalue weighted by molar-refractivity contribution is 5.79. The molecule has 0 aliphatic carbocycles. The van der Waals surface area contributed by atoms with E-state index in [9.17, 15) is 0 Å². The summed E-state index contributed by atoms with van der Waals surface area (Å²) in [4.78, 5) is 4.06. The number of allylic oxidation sites excluding steroid dienone is 3. The minimum absolute atomic E-state index is 0.821. The Morgan fingerprint density at radius 1 is 1.44 bits per heavy atom. The third kappa shape index (κ3) is 4.75. The molecule has 0 aromatic carbocycles. The molecule has 1 N–H and O–H groups in total. The van der Waals surface area contributed by atoms with Crippen molar-refractivity contribution >= 4 is 6.21 Å². The summed E-state index contributed by atoms with van der Waals surface area (Å²) in [5.74, 6) is 0.821. The van der Waals surface area contributed by atoms with Gasteiger partial charge in [0.25, 0.3) is 0 Å². The summed E-state index contributed by atoms with van der Waals surface area (Å²) in [6.07, 6.45) is 8.89. The molecule has 2 heteroatoms. The van der Waals surface area contributed by atoms with Crippen LogP contribution in [-0.4, -0.2) is 26.4 Å². The zero-order valence-corrected chi connectivity index (χ0v) is 10.6. The molecule has 1 aliphatic rings. The number of hydrogen-bond acceptors (Lipinski definition) is 2. The van der Waals surface area contributed by atoms with E-state index in [1.54, 1.807) is 0 Å². The predicted octanol–water partition coefficient (Wildman–Crippen LogP) is 2.97. The lowest BCUT2D eigenvalue weighted by Crippen LogP contribution is -2.27. The van der Waals surface area contributed by atoms with E-state index in [1.807, 2.05) is 13.3 Å². The van der Waals surface area contributed by atoms with Crippen molar-refractivity contribution in [2.75, 3.05) is 20.1 Å². The molecule has 0 bridgehead atoms. The van der Waals surface area contributed by atoms with Crippen LogP contribution in [0, 0.1) is 5.92 Å². The maximum Gasteiger partial charge on any atom is 0.0277 e. The van der Waals surface area contributed by atoms with Crippen molar-refractivity contribution in [2.24, 2.45) is 10.9 Å². The molecule has 1 rings (SSSR count). The van der Waals surface area contributed by atoms with Gasteiger partial charge in [-0.25, -0.2) is 0 Å². The second kappa shape index (κ2) is 7.39. The third-order valence-corrected chi connectivity index (χ3v) is 3.10. The zero-order chi connectivity index (χ0) is 11.8. The van der Waals surface area contributed by atoms with E-state index < -0.39 is 0 Å². The van der Waals surface area contributed by atoms with Gasteiger partial charge < -0.3 is 5.32 Å². The van der Waals surface area contributed by atoms with Gasteiger partial charge in [-0.3, -0.25) is 4.99 Å². The first-order valence-electron chi connectivity index (χ1n) is 6.27.